The maximum Gasteiger partial charge on any atom is 0.167 e. The minimum absolute atomic E-state index is 0.552. The van der Waals surface area contributed by atoms with Crippen LogP contribution in [0, 0.1) is 0 Å². The number of benzene rings is 8. The topological polar surface area (TPSA) is 65.0 Å². The van der Waals surface area contributed by atoms with Crippen LogP contribution in [-0.4, -0.2) is 15.0 Å². The summed E-state index contributed by atoms with van der Waals surface area (Å²) in [5.74, 6) is 1.76. The number of rotatable bonds is 6. The average molecular weight is 718 g/mol. The van der Waals surface area contributed by atoms with Crippen LogP contribution in [0.2, 0.25) is 0 Å². The third kappa shape index (κ3) is 5.37. The van der Waals surface area contributed by atoms with Crippen LogP contribution in [0.4, 0.5) is 0 Å². The van der Waals surface area contributed by atoms with E-state index in [0.29, 0.717) is 17.5 Å². The third-order valence-electron chi connectivity index (χ3n) is 10.6. The van der Waals surface area contributed by atoms with Gasteiger partial charge in [-0.25, -0.2) is 15.0 Å². The fraction of sp³-hybridized carbons (Fsp3) is 0. The lowest BCUT2D eigenvalue weighted by Gasteiger charge is -2.10. The molecule has 0 atom stereocenters. The van der Waals surface area contributed by atoms with Gasteiger partial charge in [-0.1, -0.05) is 158 Å². The first-order valence-electron chi connectivity index (χ1n) is 18.7. The maximum atomic E-state index is 6.79. The zero-order chi connectivity index (χ0) is 37.0. The van der Waals surface area contributed by atoms with Crippen molar-refractivity contribution in [1.29, 1.82) is 0 Å². The Balaban J connectivity index is 1.11. The highest BCUT2D eigenvalue weighted by Crippen LogP contribution is 2.44. The van der Waals surface area contributed by atoms with Crippen molar-refractivity contribution in [3.05, 3.63) is 188 Å². The summed E-state index contributed by atoms with van der Waals surface area (Å²) in [7, 11) is 0. The second kappa shape index (κ2) is 13.0. The van der Waals surface area contributed by atoms with Gasteiger partial charge in [0.25, 0.3) is 0 Å². The largest absolute Gasteiger partial charge is 0.455 e. The molecule has 3 aromatic heterocycles. The predicted molar refractivity (Wildman–Crippen MR) is 227 cm³/mol. The molecule has 262 valence electrons. The molecule has 0 radical (unpaired) electrons. The molecule has 11 rings (SSSR count). The molecule has 0 unspecified atom stereocenters. The summed E-state index contributed by atoms with van der Waals surface area (Å²) in [6, 6.07) is 64.6. The van der Waals surface area contributed by atoms with Gasteiger partial charge in [0.2, 0.25) is 0 Å². The van der Waals surface area contributed by atoms with E-state index in [1.165, 1.54) is 11.1 Å². The quantitative estimate of drug-likeness (QED) is 0.171. The Morgan fingerprint density at radius 2 is 0.786 bits per heavy atom. The molecule has 3 heterocycles. The van der Waals surface area contributed by atoms with Crippen molar-refractivity contribution in [2.24, 2.45) is 0 Å². The SMILES string of the molecule is c1ccc(-c2ccc(-c3cc(-c4cccc5oc6c(-c7nc(-c8ccccc8)nc(-c8ccccc8)n7)cccc6c45)cc4c3oc3ccccc34)cc2)cc1. The average Bonchev–Trinajstić information content (AvgIpc) is 3.86. The van der Waals surface area contributed by atoms with Crippen LogP contribution in [0.3, 0.4) is 0 Å². The maximum absolute atomic E-state index is 6.79. The van der Waals surface area contributed by atoms with Crippen molar-refractivity contribution in [2.75, 3.05) is 0 Å². The molecule has 0 saturated heterocycles. The first kappa shape index (κ1) is 31.9. The molecule has 0 saturated carbocycles. The Bertz CT molecular complexity index is 3170. The van der Waals surface area contributed by atoms with Crippen LogP contribution >= 0.6 is 0 Å². The smallest absolute Gasteiger partial charge is 0.167 e. The van der Waals surface area contributed by atoms with Crippen LogP contribution in [0.25, 0.3) is 111 Å². The van der Waals surface area contributed by atoms with E-state index in [9.17, 15) is 0 Å². The Hall–Kier alpha value is -7.63. The molecule has 11 aromatic rings. The van der Waals surface area contributed by atoms with Crippen LogP contribution in [0.1, 0.15) is 0 Å². The van der Waals surface area contributed by atoms with Crippen molar-refractivity contribution in [2.45, 2.75) is 0 Å². The number of nitrogens with zero attached hydrogens (tertiary/aromatic N) is 3. The number of fused-ring (bicyclic) bond motifs is 6. The van der Waals surface area contributed by atoms with Crippen molar-refractivity contribution in [3.8, 4) is 67.5 Å². The third-order valence-corrected chi connectivity index (χ3v) is 10.6. The van der Waals surface area contributed by atoms with Gasteiger partial charge in [-0.15, -0.1) is 0 Å². The summed E-state index contributed by atoms with van der Waals surface area (Å²) >= 11 is 0. The lowest BCUT2D eigenvalue weighted by molar-refractivity contribution is 0.669. The Morgan fingerprint density at radius 3 is 1.50 bits per heavy atom. The van der Waals surface area contributed by atoms with Crippen LogP contribution in [0.5, 0.6) is 0 Å². The van der Waals surface area contributed by atoms with E-state index in [0.717, 1.165) is 82.8 Å². The van der Waals surface area contributed by atoms with E-state index in [1.54, 1.807) is 0 Å². The normalized spacial score (nSPS) is 11.6. The highest BCUT2D eigenvalue weighted by atomic mass is 16.3. The van der Waals surface area contributed by atoms with Crippen molar-refractivity contribution < 1.29 is 8.83 Å². The summed E-state index contributed by atoms with van der Waals surface area (Å²) in [4.78, 5) is 15.0. The highest BCUT2D eigenvalue weighted by Gasteiger charge is 2.21. The Labute approximate surface area is 322 Å². The zero-order valence-electron chi connectivity index (χ0n) is 30.1. The van der Waals surface area contributed by atoms with Gasteiger partial charge in [0.15, 0.2) is 17.5 Å². The molecule has 0 bridgehead atoms. The van der Waals surface area contributed by atoms with E-state index in [-0.39, 0.29) is 0 Å². The monoisotopic (exact) mass is 717 g/mol. The number of aromatic nitrogens is 3. The molecule has 0 amide bonds. The van der Waals surface area contributed by atoms with E-state index in [2.05, 4.69) is 97.1 Å². The second-order valence-electron chi connectivity index (χ2n) is 13.9. The van der Waals surface area contributed by atoms with Crippen molar-refractivity contribution in [3.63, 3.8) is 0 Å². The molecule has 56 heavy (non-hydrogen) atoms. The van der Waals surface area contributed by atoms with Gasteiger partial charge in [-0.2, -0.15) is 0 Å². The van der Waals surface area contributed by atoms with Gasteiger partial charge >= 0.3 is 0 Å². The molecule has 0 aliphatic heterocycles. The van der Waals surface area contributed by atoms with Gasteiger partial charge < -0.3 is 8.83 Å². The predicted octanol–water partition coefficient (Wildman–Crippen LogP) is 13.7. The number of hydrogen-bond acceptors (Lipinski definition) is 5. The Kier molecular flexibility index (Phi) is 7.42. The summed E-state index contributed by atoms with van der Waals surface area (Å²) < 4.78 is 13.4. The molecule has 8 aromatic carbocycles. The Morgan fingerprint density at radius 1 is 0.286 bits per heavy atom. The fourth-order valence-electron chi connectivity index (χ4n) is 7.86. The van der Waals surface area contributed by atoms with E-state index in [1.807, 2.05) is 91.0 Å². The van der Waals surface area contributed by atoms with Gasteiger partial charge in [0.05, 0.1) is 5.56 Å². The summed E-state index contributed by atoms with van der Waals surface area (Å²) in [6.07, 6.45) is 0. The van der Waals surface area contributed by atoms with E-state index in [4.69, 9.17) is 23.8 Å². The standard InChI is InChI=1S/C51H31N3O2/c1-4-14-32(15-5-1)33-26-28-34(29-27-33)42-30-37(31-43-39-20-10-11-24-44(39)55-48(42)43)38-21-13-25-45-46(38)40-22-12-23-41(47(40)56-45)51-53-49(35-16-6-2-7-17-35)52-50(54-51)36-18-8-3-9-19-36/h1-31H. The number of para-hydroxylation sites is 2. The molecule has 0 aliphatic carbocycles. The number of hydrogen-bond donors (Lipinski definition) is 0. The van der Waals surface area contributed by atoms with Crippen molar-refractivity contribution >= 4 is 43.9 Å². The molecule has 5 heteroatoms. The van der Waals surface area contributed by atoms with Gasteiger partial charge in [0.1, 0.15) is 22.3 Å². The van der Waals surface area contributed by atoms with Gasteiger partial charge in [-0.05, 0) is 58.1 Å². The van der Waals surface area contributed by atoms with Crippen LogP contribution < -0.4 is 0 Å². The van der Waals surface area contributed by atoms with Gasteiger partial charge in [0, 0.05) is 38.2 Å². The molecule has 0 spiro atoms. The second-order valence-corrected chi connectivity index (χ2v) is 13.9. The molecule has 0 N–H and O–H groups in total. The lowest BCUT2D eigenvalue weighted by atomic mass is 9.92. The van der Waals surface area contributed by atoms with Crippen molar-refractivity contribution in [1.82, 2.24) is 15.0 Å². The molecular weight excluding hydrogens is 687 g/mol. The minimum atomic E-state index is 0.552. The first-order chi connectivity index (χ1) is 27.7. The van der Waals surface area contributed by atoms with E-state index >= 15 is 0 Å². The van der Waals surface area contributed by atoms with Crippen LogP contribution in [-0.2, 0) is 0 Å². The minimum Gasteiger partial charge on any atom is -0.455 e. The molecule has 5 nitrogen and oxygen atoms in total. The van der Waals surface area contributed by atoms with E-state index < -0.39 is 0 Å². The van der Waals surface area contributed by atoms with Gasteiger partial charge in [-0.3, -0.25) is 0 Å². The highest BCUT2D eigenvalue weighted by molar-refractivity contribution is 6.17. The fourth-order valence-corrected chi connectivity index (χ4v) is 7.86. The zero-order valence-corrected chi connectivity index (χ0v) is 30.1. The first-order valence-corrected chi connectivity index (χ1v) is 18.7. The molecular formula is C51H31N3O2. The molecule has 0 fully saturated rings. The lowest BCUT2D eigenvalue weighted by Crippen LogP contribution is -2.00. The van der Waals surface area contributed by atoms with Crippen LogP contribution in [0.15, 0.2) is 197 Å². The summed E-state index contributed by atoms with van der Waals surface area (Å²) in [6.45, 7) is 0. The summed E-state index contributed by atoms with van der Waals surface area (Å²) in [5.41, 5.74) is 12.5. The summed E-state index contributed by atoms with van der Waals surface area (Å²) in [5, 5.41) is 4.17. The molecule has 0 aliphatic rings. The number of furan rings is 2.